The van der Waals surface area contributed by atoms with Crippen LogP contribution in [-0.4, -0.2) is 46.1 Å². The third-order valence-electron chi connectivity index (χ3n) is 0. The van der Waals surface area contributed by atoms with Crippen LogP contribution in [0.3, 0.4) is 0 Å². The van der Waals surface area contributed by atoms with E-state index < -0.39 is 0 Å². The fourth-order valence-corrected chi connectivity index (χ4v) is 0. The summed E-state index contributed by atoms with van der Waals surface area (Å²) in [6.07, 6.45) is 0. The SMILES string of the molecule is [Cu].[Mg].[O]=[Sb]. The van der Waals surface area contributed by atoms with E-state index in [4.69, 9.17) is 3.02 Å². The first-order chi connectivity index (χ1) is 1.00. The van der Waals surface area contributed by atoms with E-state index in [2.05, 4.69) is 0 Å². The van der Waals surface area contributed by atoms with Crippen LogP contribution in [0.1, 0.15) is 0 Å². The van der Waals surface area contributed by atoms with Gasteiger partial charge in [-0.2, -0.15) is 0 Å². The molecule has 0 atom stereocenters. The summed E-state index contributed by atoms with van der Waals surface area (Å²) in [6.45, 7) is 0. The van der Waals surface area contributed by atoms with Gasteiger partial charge in [-0.05, 0) is 0 Å². The van der Waals surface area contributed by atoms with Gasteiger partial charge in [0.1, 0.15) is 0 Å². The predicted molar refractivity (Wildman–Crippen MR) is 12.2 cm³/mol. The average Bonchev–Trinajstić information content (AvgIpc) is 1.00. The Labute approximate surface area is 65.4 Å². The summed E-state index contributed by atoms with van der Waals surface area (Å²) < 4.78 is 8.30. The van der Waals surface area contributed by atoms with Crippen molar-refractivity contribution in [2.45, 2.75) is 0 Å². The van der Waals surface area contributed by atoms with Crippen molar-refractivity contribution in [1.82, 2.24) is 0 Å². The zero-order chi connectivity index (χ0) is 2.00. The molecule has 0 N–H and O–H groups in total. The Morgan fingerprint density at radius 2 is 1.25 bits per heavy atom. The summed E-state index contributed by atoms with van der Waals surface area (Å²) in [7, 11) is 0. The van der Waals surface area contributed by atoms with Crippen LogP contribution < -0.4 is 0 Å². The molecule has 4 heavy (non-hydrogen) atoms. The van der Waals surface area contributed by atoms with Crippen molar-refractivity contribution in [2.75, 3.05) is 0 Å². The number of rotatable bonds is 0. The van der Waals surface area contributed by atoms with Gasteiger partial charge in [-0.25, -0.2) is 0 Å². The molecular weight excluding hydrogens is 226 g/mol. The second-order valence-electron chi connectivity index (χ2n) is 0. The molecule has 4 heteroatoms. The average molecular weight is 226 g/mol. The van der Waals surface area contributed by atoms with E-state index in [0.29, 0.717) is 23.0 Å². The summed E-state index contributed by atoms with van der Waals surface area (Å²) in [5.41, 5.74) is 0. The van der Waals surface area contributed by atoms with Crippen LogP contribution in [0.2, 0.25) is 0 Å². The maximum absolute atomic E-state index is 8.30. The molecule has 4 radical (unpaired) electrons. The van der Waals surface area contributed by atoms with Crippen molar-refractivity contribution in [3.8, 4) is 0 Å². The first-order valence-electron chi connectivity index (χ1n) is 0.183. The van der Waals surface area contributed by atoms with Gasteiger partial charge in [0.15, 0.2) is 0 Å². The van der Waals surface area contributed by atoms with Gasteiger partial charge in [0.2, 0.25) is 0 Å². The molecular formula is CuMgOSb. The molecule has 0 aromatic rings. The van der Waals surface area contributed by atoms with Gasteiger partial charge in [0.25, 0.3) is 0 Å². The monoisotopic (exact) mass is 224 g/mol. The Balaban J connectivity index is -0.00000000500. The predicted octanol–water partition coefficient (Wildman–Crippen LogP) is -0.883. The van der Waals surface area contributed by atoms with E-state index in [0.717, 1.165) is 0 Å². The van der Waals surface area contributed by atoms with Crippen LogP contribution in [0.25, 0.3) is 0 Å². The normalized spacial score (nSPS) is 1.00. The molecule has 0 aliphatic heterocycles. The first-order valence-corrected chi connectivity index (χ1v) is 1.22. The topological polar surface area (TPSA) is 17.1 Å². The minimum absolute atomic E-state index is 0. The molecule has 0 aromatic heterocycles. The molecule has 24 valence electrons. The summed E-state index contributed by atoms with van der Waals surface area (Å²) in [5, 5.41) is 0. The molecule has 0 saturated heterocycles. The van der Waals surface area contributed by atoms with Gasteiger partial charge in [-0.15, -0.1) is 0 Å². The number of hydrogen-bond acceptors (Lipinski definition) is 1. The van der Waals surface area contributed by atoms with Crippen molar-refractivity contribution in [1.29, 1.82) is 0 Å². The Hall–Kier alpha value is 1.90. The zero-order valence-electron chi connectivity index (χ0n) is 1.86. The molecule has 0 amide bonds. The van der Waals surface area contributed by atoms with E-state index in [1.807, 2.05) is 0 Å². The van der Waals surface area contributed by atoms with Gasteiger partial charge in [0, 0.05) is 40.1 Å². The van der Waals surface area contributed by atoms with Crippen molar-refractivity contribution >= 4 is 46.1 Å². The molecule has 0 fully saturated rings. The van der Waals surface area contributed by atoms with Crippen molar-refractivity contribution < 1.29 is 20.1 Å². The van der Waals surface area contributed by atoms with Crippen LogP contribution in [-0.2, 0) is 20.1 Å². The molecule has 0 spiro atoms. The first kappa shape index (κ1) is 16.8. The van der Waals surface area contributed by atoms with E-state index in [1.165, 1.54) is 0 Å². The molecule has 0 rings (SSSR count). The molecule has 0 aliphatic rings. The van der Waals surface area contributed by atoms with E-state index in [9.17, 15) is 0 Å². The summed E-state index contributed by atoms with van der Waals surface area (Å²) in [4.78, 5) is 0. The second-order valence-corrected chi connectivity index (χ2v) is 0. The fraction of sp³-hybridized carbons (Fsp3) is 0. The van der Waals surface area contributed by atoms with E-state index >= 15 is 0 Å². The Bertz CT molecular complexity index is 8.00. The number of hydrogen-bond donors (Lipinski definition) is 0. The Morgan fingerprint density at radius 1 is 1.25 bits per heavy atom. The van der Waals surface area contributed by atoms with Gasteiger partial charge < -0.3 is 0 Å². The summed E-state index contributed by atoms with van der Waals surface area (Å²) in [6, 6.07) is 0. The zero-order valence-corrected chi connectivity index (χ0v) is 6.77. The third-order valence-corrected chi connectivity index (χ3v) is 0. The molecule has 0 bridgehead atoms. The molecule has 0 aliphatic carbocycles. The molecule has 0 aromatic carbocycles. The third kappa shape index (κ3) is 9.08. The molecule has 0 unspecified atom stereocenters. The van der Waals surface area contributed by atoms with Crippen LogP contribution in [0.5, 0.6) is 0 Å². The summed E-state index contributed by atoms with van der Waals surface area (Å²) >= 11 is 0.500. The second kappa shape index (κ2) is 20.6. The Morgan fingerprint density at radius 3 is 1.25 bits per heavy atom. The van der Waals surface area contributed by atoms with Crippen molar-refractivity contribution in [3.63, 3.8) is 0 Å². The van der Waals surface area contributed by atoms with Crippen LogP contribution in [0.4, 0.5) is 0 Å². The van der Waals surface area contributed by atoms with Gasteiger partial charge in [0.05, 0.1) is 0 Å². The van der Waals surface area contributed by atoms with E-state index in [1.54, 1.807) is 0 Å². The summed E-state index contributed by atoms with van der Waals surface area (Å²) in [5.74, 6) is 0. The Kier molecular flexibility index (Phi) is 86.8. The maximum atomic E-state index is 8.30. The minimum atomic E-state index is 0. The molecule has 1 nitrogen and oxygen atoms in total. The quantitative estimate of drug-likeness (QED) is 0.490. The fourth-order valence-electron chi connectivity index (χ4n) is 0. The van der Waals surface area contributed by atoms with Crippen LogP contribution in [0.15, 0.2) is 0 Å². The standard InChI is InChI=1S/Cu.Mg.O.Sb. The molecule has 0 heterocycles. The van der Waals surface area contributed by atoms with Crippen molar-refractivity contribution in [3.05, 3.63) is 0 Å². The van der Waals surface area contributed by atoms with Gasteiger partial charge in [-0.3, -0.25) is 0 Å². The molecule has 0 saturated carbocycles. The van der Waals surface area contributed by atoms with Gasteiger partial charge >= 0.3 is 26.0 Å². The van der Waals surface area contributed by atoms with E-state index in [-0.39, 0.29) is 40.1 Å². The van der Waals surface area contributed by atoms with Crippen molar-refractivity contribution in [2.24, 2.45) is 0 Å². The van der Waals surface area contributed by atoms with Crippen LogP contribution >= 0.6 is 0 Å². The van der Waals surface area contributed by atoms with Crippen LogP contribution in [0, 0.1) is 0 Å². The van der Waals surface area contributed by atoms with Gasteiger partial charge in [-0.1, -0.05) is 0 Å².